The lowest BCUT2D eigenvalue weighted by Gasteiger charge is -2.44. The fourth-order valence-electron chi connectivity index (χ4n) is 5.91. The van der Waals surface area contributed by atoms with Gasteiger partial charge in [0.2, 0.25) is 21.8 Å². The third-order valence-corrected chi connectivity index (χ3v) is 9.98. The van der Waals surface area contributed by atoms with Crippen LogP contribution in [-0.2, 0) is 21.2 Å². The molecule has 1 saturated carbocycles. The lowest BCUT2D eigenvalue weighted by molar-refractivity contribution is -0.118. The van der Waals surface area contributed by atoms with Gasteiger partial charge in [0, 0.05) is 17.7 Å². The van der Waals surface area contributed by atoms with E-state index in [0.717, 1.165) is 0 Å². The van der Waals surface area contributed by atoms with Crippen LogP contribution in [0.5, 0.6) is 5.88 Å². The number of sulfonamides is 1. The number of aromatic nitrogens is 1. The minimum Gasteiger partial charge on any atom is -0.481 e. The molecule has 2 N–H and O–H groups in total. The summed E-state index contributed by atoms with van der Waals surface area (Å²) in [4.78, 5) is 17.3. The number of aliphatic hydroxyl groups excluding tert-OH is 1. The van der Waals surface area contributed by atoms with E-state index in [1.54, 1.807) is 12.1 Å². The number of hydrogen-bond acceptors (Lipinski definition) is 6. The molecule has 1 aliphatic carbocycles. The van der Waals surface area contributed by atoms with Crippen molar-refractivity contribution in [3.63, 3.8) is 0 Å². The van der Waals surface area contributed by atoms with Crippen molar-refractivity contribution >= 4 is 15.9 Å². The fourth-order valence-corrected chi connectivity index (χ4v) is 7.85. The van der Waals surface area contributed by atoms with Crippen LogP contribution in [0.3, 0.4) is 0 Å². The second kappa shape index (κ2) is 10.7. The van der Waals surface area contributed by atoms with Crippen molar-refractivity contribution < 1.29 is 27.4 Å². The zero-order valence-electron chi connectivity index (χ0n) is 22.8. The van der Waals surface area contributed by atoms with Gasteiger partial charge < -0.3 is 9.84 Å². The van der Waals surface area contributed by atoms with Crippen LogP contribution in [-0.4, -0.2) is 43.4 Å². The van der Waals surface area contributed by atoms with E-state index < -0.39 is 38.7 Å². The summed E-state index contributed by atoms with van der Waals surface area (Å²) in [5.74, 6) is -1.17. The van der Waals surface area contributed by atoms with E-state index >= 15 is 0 Å². The van der Waals surface area contributed by atoms with Crippen molar-refractivity contribution in [3.8, 4) is 17.0 Å². The summed E-state index contributed by atoms with van der Waals surface area (Å²) >= 11 is 0. The molecule has 1 amide bonds. The molecule has 1 aromatic heterocycles. The number of carbonyl (C=O) groups excluding carboxylic acids is 1. The van der Waals surface area contributed by atoms with Crippen LogP contribution >= 0.6 is 0 Å². The summed E-state index contributed by atoms with van der Waals surface area (Å²) in [7, 11) is -2.60. The topological polar surface area (TPSA) is 106 Å². The number of methoxy groups -OCH3 is 1. The molecule has 204 valence electrons. The molecule has 0 aliphatic heterocycles. The Morgan fingerprint density at radius 3 is 2.51 bits per heavy atom. The Labute approximate surface area is 219 Å². The number of aliphatic hydroxyl groups is 1. The maximum atomic E-state index is 14.6. The molecule has 1 fully saturated rings. The molecule has 2 aromatic rings. The highest BCUT2D eigenvalue weighted by Crippen LogP contribution is 2.58. The second-order valence-corrected chi connectivity index (χ2v) is 12.8. The molecular weight excluding hydrogens is 495 g/mol. The standard InChI is InChI=1S/C28H39FN2O5S/c1-8-28(24(32)11-18(4)27(28,5)6)16-37(34,35)31-25(33)15-23-21(17(2)3)13-20(29)14-22(23)19-9-10-30-26(12-19)36-7/h9-10,12-14,17-18,24,32H,8,11,15-16H2,1-7H3,(H,31,33)/t18-,24+,28?/m0/s1. The summed E-state index contributed by atoms with van der Waals surface area (Å²) in [6.45, 7) is 11.6. The van der Waals surface area contributed by atoms with Gasteiger partial charge in [-0.05, 0) is 70.5 Å². The van der Waals surface area contributed by atoms with E-state index in [4.69, 9.17) is 4.74 Å². The normalized spacial score (nSPS) is 23.3. The molecule has 0 radical (unpaired) electrons. The maximum absolute atomic E-state index is 14.6. The molecule has 0 saturated heterocycles. The van der Waals surface area contributed by atoms with Gasteiger partial charge in [-0.25, -0.2) is 17.8 Å². The van der Waals surface area contributed by atoms with Crippen molar-refractivity contribution in [3.05, 3.63) is 47.4 Å². The molecule has 7 nitrogen and oxygen atoms in total. The number of ether oxygens (including phenoxy) is 1. The SMILES string of the molecule is CCC1(CS(=O)(=O)NC(=O)Cc2c(-c3ccnc(OC)c3)cc(F)cc2C(C)C)[C@H](O)C[C@H](C)C1(C)C. The number of nitrogens with zero attached hydrogens (tertiary/aromatic N) is 1. The van der Waals surface area contributed by atoms with Crippen molar-refractivity contribution in [2.24, 2.45) is 16.7 Å². The van der Waals surface area contributed by atoms with Crippen LogP contribution in [0.15, 0.2) is 30.5 Å². The number of amides is 1. The number of benzene rings is 1. The zero-order valence-corrected chi connectivity index (χ0v) is 23.6. The lowest BCUT2D eigenvalue weighted by atomic mass is 9.64. The predicted molar refractivity (Wildman–Crippen MR) is 142 cm³/mol. The molecule has 1 aliphatic rings. The minimum absolute atomic E-state index is 0.114. The van der Waals surface area contributed by atoms with Crippen LogP contribution in [0.1, 0.15) is 71.4 Å². The van der Waals surface area contributed by atoms with Gasteiger partial charge in [-0.1, -0.05) is 41.5 Å². The van der Waals surface area contributed by atoms with Gasteiger partial charge in [-0.15, -0.1) is 0 Å². The van der Waals surface area contributed by atoms with Crippen LogP contribution in [0.4, 0.5) is 4.39 Å². The van der Waals surface area contributed by atoms with Crippen LogP contribution in [0.25, 0.3) is 11.1 Å². The van der Waals surface area contributed by atoms with E-state index in [0.29, 0.717) is 41.0 Å². The van der Waals surface area contributed by atoms with Gasteiger partial charge in [0.25, 0.3) is 0 Å². The zero-order chi connectivity index (χ0) is 27.8. The first-order chi connectivity index (χ1) is 17.2. The molecule has 37 heavy (non-hydrogen) atoms. The lowest BCUT2D eigenvalue weighted by Crippen LogP contribution is -2.50. The molecule has 0 spiro atoms. The van der Waals surface area contributed by atoms with Gasteiger partial charge >= 0.3 is 0 Å². The van der Waals surface area contributed by atoms with Gasteiger partial charge in [-0.3, -0.25) is 9.52 Å². The summed E-state index contributed by atoms with van der Waals surface area (Å²) in [5, 5.41) is 10.9. The summed E-state index contributed by atoms with van der Waals surface area (Å²) in [6, 6.07) is 6.05. The first kappa shape index (κ1) is 29.0. The first-order valence-corrected chi connectivity index (χ1v) is 14.4. The Kier molecular flexibility index (Phi) is 8.39. The summed E-state index contributed by atoms with van der Waals surface area (Å²) in [5.41, 5.74) is 0.920. The average molecular weight is 535 g/mol. The quantitative estimate of drug-likeness (QED) is 0.477. The van der Waals surface area contributed by atoms with Crippen molar-refractivity contribution in [1.29, 1.82) is 0 Å². The Morgan fingerprint density at radius 1 is 1.30 bits per heavy atom. The maximum Gasteiger partial charge on any atom is 0.237 e. The largest absolute Gasteiger partial charge is 0.481 e. The predicted octanol–water partition coefficient (Wildman–Crippen LogP) is 4.83. The smallest absolute Gasteiger partial charge is 0.237 e. The van der Waals surface area contributed by atoms with Gasteiger partial charge in [-0.2, -0.15) is 0 Å². The molecule has 1 aromatic carbocycles. The first-order valence-electron chi connectivity index (χ1n) is 12.7. The van der Waals surface area contributed by atoms with E-state index in [1.807, 2.05) is 41.5 Å². The number of carbonyl (C=O) groups is 1. The molecule has 0 bridgehead atoms. The van der Waals surface area contributed by atoms with E-state index in [9.17, 15) is 22.7 Å². The van der Waals surface area contributed by atoms with Crippen molar-refractivity contribution in [1.82, 2.24) is 9.71 Å². The Balaban J connectivity index is 1.95. The molecule has 1 unspecified atom stereocenters. The van der Waals surface area contributed by atoms with Gasteiger partial charge in [0.1, 0.15) is 5.82 Å². The number of pyridine rings is 1. The number of nitrogens with one attached hydrogen (secondary N) is 1. The third kappa shape index (κ3) is 5.67. The Morgan fingerprint density at radius 2 is 1.97 bits per heavy atom. The number of halogens is 1. The van der Waals surface area contributed by atoms with Crippen LogP contribution in [0, 0.1) is 22.6 Å². The number of rotatable bonds is 9. The molecule has 3 rings (SSSR count). The second-order valence-electron chi connectivity index (χ2n) is 11.1. The Bertz CT molecular complexity index is 1260. The summed E-state index contributed by atoms with van der Waals surface area (Å²) in [6.07, 6.45) is 1.46. The average Bonchev–Trinajstić information content (AvgIpc) is 2.98. The highest BCUT2D eigenvalue weighted by atomic mass is 32.2. The van der Waals surface area contributed by atoms with E-state index in [-0.39, 0.29) is 24.0 Å². The molecule has 1 heterocycles. The summed E-state index contributed by atoms with van der Waals surface area (Å²) < 4.78 is 48.6. The minimum atomic E-state index is -4.08. The van der Waals surface area contributed by atoms with Crippen LogP contribution in [0.2, 0.25) is 0 Å². The molecule has 9 heteroatoms. The van der Waals surface area contributed by atoms with Crippen molar-refractivity contribution in [2.45, 2.75) is 72.8 Å². The van der Waals surface area contributed by atoms with E-state index in [1.165, 1.54) is 25.4 Å². The van der Waals surface area contributed by atoms with Gasteiger partial charge in [0.05, 0.1) is 25.4 Å². The number of hydrogen-bond donors (Lipinski definition) is 2. The third-order valence-electron chi connectivity index (χ3n) is 8.54. The molecule has 3 atom stereocenters. The van der Waals surface area contributed by atoms with E-state index in [2.05, 4.69) is 9.71 Å². The van der Waals surface area contributed by atoms with Crippen LogP contribution < -0.4 is 9.46 Å². The highest BCUT2D eigenvalue weighted by molar-refractivity contribution is 7.90. The van der Waals surface area contributed by atoms with Gasteiger partial charge in [0.15, 0.2) is 0 Å². The van der Waals surface area contributed by atoms with Crippen molar-refractivity contribution in [2.75, 3.05) is 12.9 Å². The monoisotopic (exact) mass is 534 g/mol. The fraction of sp³-hybridized carbons (Fsp3) is 0.571. The Hall–Kier alpha value is -2.52. The highest BCUT2D eigenvalue weighted by Gasteiger charge is 2.59. The molecular formula is C28H39FN2O5S.